The van der Waals surface area contributed by atoms with Crippen molar-refractivity contribution < 1.29 is 9.53 Å². The van der Waals surface area contributed by atoms with Gasteiger partial charge in [-0.05, 0) is 38.5 Å². The zero-order chi connectivity index (χ0) is 16.6. The average molecular weight is 319 g/mol. The zero-order valence-electron chi connectivity index (χ0n) is 13.9. The summed E-state index contributed by atoms with van der Waals surface area (Å²) >= 11 is 0. The predicted octanol–water partition coefficient (Wildman–Crippen LogP) is 1.21. The normalized spacial score (nSPS) is 15.2. The Balaban J connectivity index is 1.80. The van der Waals surface area contributed by atoms with Crippen molar-refractivity contribution >= 4 is 6.09 Å². The summed E-state index contributed by atoms with van der Waals surface area (Å²) in [6.07, 6.45) is 0.521. The van der Waals surface area contributed by atoms with Crippen LogP contribution >= 0.6 is 0 Å². The van der Waals surface area contributed by atoms with E-state index < -0.39 is 5.60 Å². The first-order valence-electron chi connectivity index (χ1n) is 7.61. The van der Waals surface area contributed by atoms with Crippen LogP contribution < -0.4 is 0 Å². The van der Waals surface area contributed by atoms with Gasteiger partial charge in [0.1, 0.15) is 11.3 Å². The third-order valence-electron chi connectivity index (χ3n) is 3.40. The average Bonchev–Trinajstić information content (AvgIpc) is 2.98. The molecule has 1 aliphatic rings. The Morgan fingerprint density at radius 1 is 1.26 bits per heavy atom. The lowest BCUT2D eigenvalue weighted by atomic mass is 10.2. The van der Waals surface area contributed by atoms with Gasteiger partial charge in [0.2, 0.25) is 5.82 Å². The highest BCUT2D eigenvalue weighted by molar-refractivity contribution is 5.68. The van der Waals surface area contributed by atoms with E-state index in [1.165, 1.54) is 4.80 Å². The maximum absolute atomic E-state index is 12.3. The van der Waals surface area contributed by atoms with Gasteiger partial charge in [-0.25, -0.2) is 4.79 Å². The topological polar surface area (TPSA) is 91.0 Å². The molecule has 23 heavy (non-hydrogen) atoms. The van der Waals surface area contributed by atoms with Crippen LogP contribution in [0.15, 0.2) is 6.07 Å². The van der Waals surface area contributed by atoms with Gasteiger partial charge in [0.05, 0.1) is 19.3 Å². The van der Waals surface area contributed by atoms with Crippen molar-refractivity contribution in [3.8, 4) is 11.5 Å². The number of hydrogen-bond acceptors (Lipinski definition) is 6. The molecular formula is C14H21N7O2. The van der Waals surface area contributed by atoms with Crippen molar-refractivity contribution in [3.05, 3.63) is 11.8 Å². The fourth-order valence-electron chi connectivity index (χ4n) is 2.44. The van der Waals surface area contributed by atoms with E-state index in [4.69, 9.17) is 4.74 Å². The molecule has 9 heteroatoms. The van der Waals surface area contributed by atoms with Gasteiger partial charge in [-0.15, -0.1) is 10.2 Å². The summed E-state index contributed by atoms with van der Waals surface area (Å²) in [6, 6.07) is 1.90. The number of tetrazole rings is 1. The monoisotopic (exact) mass is 319 g/mol. The van der Waals surface area contributed by atoms with E-state index in [9.17, 15) is 4.79 Å². The Morgan fingerprint density at radius 3 is 2.70 bits per heavy atom. The second-order valence-corrected chi connectivity index (χ2v) is 6.60. The van der Waals surface area contributed by atoms with Crippen LogP contribution in [0.1, 0.15) is 32.9 Å². The summed E-state index contributed by atoms with van der Waals surface area (Å²) < 4.78 is 7.36. The first-order valence-corrected chi connectivity index (χ1v) is 7.61. The highest BCUT2D eigenvalue weighted by Crippen LogP contribution is 2.20. The number of aryl methyl sites for hydroxylation is 2. The third kappa shape index (κ3) is 3.49. The Hall–Kier alpha value is -2.45. The van der Waals surface area contributed by atoms with Crippen molar-refractivity contribution in [2.75, 3.05) is 6.54 Å². The van der Waals surface area contributed by atoms with Crippen LogP contribution in [0.2, 0.25) is 0 Å². The predicted molar refractivity (Wildman–Crippen MR) is 81.3 cm³/mol. The van der Waals surface area contributed by atoms with E-state index in [2.05, 4.69) is 20.5 Å². The molecule has 1 amide bonds. The van der Waals surface area contributed by atoms with Gasteiger partial charge in [0, 0.05) is 13.1 Å². The molecule has 0 aromatic carbocycles. The molecule has 0 fully saturated rings. The fraction of sp³-hybridized carbons (Fsp3) is 0.643. The second-order valence-electron chi connectivity index (χ2n) is 6.60. The maximum atomic E-state index is 12.3. The summed E-state index contributed by atoms with van der Waals surface area (Å²) in [5, 5.41) is 16.5. The number of aromatic nitrogens is 6. The highest BCUT2D eigenvalue weighted by atomic mass is 16.6. The van der Waals surface area contributed by atoms with Crippen molar-refractivity contribution in [1.82, 2.24) is 34.9 Å². The smallest absolute Gasteiger partial charge is 0.410 e. The van der Waals surface area contributed by atoms with Crippen LogP contribution in [-0.4, -0.2) is 53.1 Å². The molecule has 0 unspecified atom stereocenters. The molecule has 0 N–H and O–H groups in total. The lowest BCUT2D eigenvalue weighted by Gasteiger charge is -2.26. The Morgan fingerprint density at radius 2 is 2.04 bits per heavy atom. The van der Waals surface area contributed by atoms with Crippen LogP contribution in [-0.2, 0) is 24.9 Å². The van der Waals surface area contributed by atoms with Crippen molar-refractivity contribution in [2.24, 2.45) is 7.05 Å². The SMILES string of the molecule is Cn1nnc(-c2cc3n(n2)CCCN(C(=O)OC(C)(C)C)C3)n1. The van der Waals surface area contributed by atoms with E-state index >= 15 is 0 Å². The second kappa shape index (κ2) is 5.64. The summed E-state index contributed by atoms with van der Waals surface area (Å²) in [7, 11) is 1.71. The van der Waals surface area contributed by atoms with Gasteiger partial charge < -0.3 is 9.64 Å². The number of nitrogens with zero attached hydrogens (tertiary/aromatic N) is 7. The standard InChI is InChI=1S/C14H21N7O2/c1-14(2,3)23-13(22)20-6-5-7-21-10(9-20)8-11(16-21)12-15-18-19(4)17-12/h8H,5-7,9H2,1-4H3. The van der Waals surface area contributed by atoms with Gasteiger partial charge in [-0.2, -0.15) is 9.90 Å². The molecule has 1 aliphatic heterocycles. The Labute approximate surface area is 134 Å². The lowest BCUT2D eigenvalue weighted by Crippen LogP contribution is -2.36. The number of carbonyl (C=O) groups excluding carboxylic acids is 1. The minimum absolute atomic E-state index is 0.300. The van der Waals surface area contributed by atoms with Crippen LogP contribution in [0.3, 0.4) is 0 Å². The molecule has 0 aliphatic carbocycles. The van der Waals surface area contributed by atoms with Gasteiger partial charge in [0.15, 0.2) is 0 Å². The van der Waals surface area contributed by atoms with E-state index in [0.717, 1.165) is 18.7 Å². The quantitative estimate of drug-likeness (QED) is 0.785. The molecule has 0 bridgehead atoms. The van der Waals surface area contributed by atoms with Crippen LogP contribution in [0, 0.1) is 0 Å². The molecule has 0 atom stereocenters. The number of carbonyl (C=O) groups is 1. The van der Waals surface area contributed by atoms with Crippen LogP contribution in [0.5, 0.6) is 0 Å². The Bertz CT molecular complexity index is 713. The van der Waals surface area contributed by atoms with Crippen molar-refractivity contribution in [2.45, 2.75) is 45.9 Å². The minimum Gasteiger partial charge on any atom is -0.444 e. The van der Waals surface area contributed by atoms with Crippen LogP contribution in [0.25, 0.3) is 11.5 Å². The van der Waals surface area contributed by atoms with Crippen molar-refractivity contribution in [1.29, 1.82) is 0 Å². The number of rotatable bonds is 1. The first kappa shape index (κ1) is 15.4. The van der Waals surface area contributed by atoms with Gasteiger partial charge >= 0.3 is 6.09 Å². The summed E-state index contributed by atoms with van der Waals surface area (Å²) in [5.74, 6) is 0.483. The number of hydrogen-bond donors (Lipinski definition) is 0. The molecular weight excluding hydrogens is 298 g/mol. The molecule has 0 saturated heterocycles. The van der Waals surface area contributed by atoms with E-state index in [-0.39, 0.29) is 6.09 Å². The number of amides is 1. The van der Waals surface area contributed by atoms with Gasteiger partial charge in [-0.3, -0.25) is 4.68 Å². The van der Waals surface area contributed by atoms with Crippen LogP contribution in [0.4, 0.5) is 4.79 Å². The van der Waals surface area contributed by atoms with Gasteiger partial charge in [-0.1, -0.05) is 0 Å². The summed E-state index contributed by atoms with van der Waals surface area (Å²) in [5.41, 5.74) is 1.10. The van der Waals surface area contributed by atoms with E-state index in [1.807, 2.05) is 31.5 Å². The third-order valence-corrected chi connectivity index (χ3v) is 3.40. The first-order chi connectivity index (χ1) is 10.8. The molecule has 0 spiro atoms. The minimum atomic E-state index is -0.502. The largest absolute Gasteiger partial charge is 0.444 e. The number of ether oxygens (including phenoxy) is 1. The molecule has 3 rings (SSSR count). The van der Waals surface area contributed by atoms with Crippen molar-refractivity contribution in [3.63, 3.8) is 0 Å². The zero-order valence-corrected chi connectivity index (χ0v) is 13.9. The lowest BCUT2D eigenvalue weighted by molar-refractivity contribution is 0.0236. The van der Waals surface area contributed by atoms with E-state index in [1.54, 1.807) is 11.9 Å². The summed E-state index contributed by atoms with van der Waals surface area (Å²) in [4.78, 5) is 15.4. The molecule has 124 valence electrons. The fourth-order valence-corrected chi connectivity index (χ4v) is 2.44. The summed E-state index contributed by atoms with van der Waals surface area (Å²) in [6.45, 7) is 7.45. The molecule has 2 aromatic heterocycles. The maximum Gasteiger partial charge on any atom is 0.410 e. The molecule has 0 saturated carbocycles. The highest BCUT2D eigenvalue weighted by Gasteiger charge is 2.26. The Kier molecular flexibility index (Phi) is 3.78. The molecule has 9 nitrogen and oxygen atoms in total. The molecule has 2 aromatic rings. The molecule has 0 radical (unpaired) electrons. The van der Waals surface area contributed by atoms with Gasteiger partial charge in [0.25, 0.3) is 0 Å². The molecule has 3 heterocycles. The number of fused-ring (bicyclic) bond motifs is 1. The van der Waals surface area contributed by atoms with E-state index in [0.29, 0.717) is 24.6 Å².